The molecule has 0 fully saturated rings. The first kappa shape index (κ1) is 33.7. The van der Waals surface area contributed by atoms with E-state index in [1.54, 1.807) is 0 Å². The molecule has 0 atom stereocenters. The van der Waals surface area contributed by atoms with E-state index in [2.05, 4.69) is 79.9 Å². The van der Waals surface area contributed by atoms with Crippen molar-refractivity contribution in [1.29, 1.82) is 0 Å². The van der Waals surface area contributed by atoms with E-state index < -0.39 is 11.9 Å². The maximum absolute atomic E-state index is 12.3. The molecule has 0 aliphatic carbocycles. The lowest BCUT2D eigenvalue weighted by molar-refractivity contribution is -0.139. The van der Waals surface area contributed by atoms with Crippen LogP contribution in [-0.2, 0) is 30.8 Å². The van der Waals surface area contributed by atoms with E-state index in [0.717, 1.165) is 79.1 Å². The number of carbonyl (C=O) groups excluding carboxylic acids is 2. The molecule has 2 aromatic carbocycles. The first-order chi connectivity index (χ1) is 20.4. The standard InChI is InChI=1S/C30H34Br2N2O4S4/c1-3-5-7-9-11-19-13-15-21-27(25(19)31)33-29(39-21)41-37-23(35)17-18-24(36)38-42-30-34-28-22(40-30)16-14-20(26(28)32)12-10-8-6-4-2/h13-16H,3-12,17-18H2,1-2H3. The van der Waals surface area contributed by atoms with Crippen LogP contribution in [-0.4, -0.2) is 21.9 Å². The number of fused-ring (bicyclic) bond motifs is 2. The second-order valence-corrected chi connectivity index (χ2v) is 15.5. The van der Waals surface area contributed by atoms with Crippen molar-refractivity contribution in [2.45, 2.75) is 99.6 Å². The Hall–Kier alpha value is -1.18. The zero-order valence-electron chi connectivity index (χ0n) is 23.7. The Morgan fingerprint density at radius 1 is 0.690 bits per heavy atom. The van der Waals surface area contributed by atoms with Gasteiger partial charge in [-0.2, -0.15) is 0 Å². The zero-order chi connectivity index (χ0) is 29.9. The molecule has 42 heavy (non-hydrogen) atoms. The highest BCUT2D eigenvalue weighted by atomic mass is 79.9. The molecule has 0 aliphatic rings. The quantitative estimate of drug-likeness (QED) is 0.0775. The van der Waals surface area contributed by atoms with Crippen LogP contribution in [0.15, 0.2) is 41.9 Å². The maximum Gasteiger partial charge on any atom is 0.318 e. The summed E-state index contributed by atoms with van der Waals surface area (Å²) in [6.45, 7) is 4.42. The summed E-state index contributed by atoms with van der Waals surface area (Å²) in [5.41, 5.74) is 4.26. The molecule has 0 amide bonds. The molecular weight excluding hydrogens is 740 g/mol. The first-order valence-corrected chi connectivity index (χ1v) is 19.0. The molecule has 2 heterocycles. The SMILES string of the molecule is CCCCCCc1ccc2sc(SOC(=O)CCC(=O)OSc3nc4c(Br)c(CCCCCC)ccc4s3)nc2c1Br. The Bertz CT molecular complexity index is 1400. The molecule has 226 valence electrons. The number of hydrogen-bond donors (Lipinski definition) is 0. The lowest BCUT2D eigenvalue weighted by Crippen LogP contribution is -2.05. The highest BCUT2D eigenvalue weighted by Gasteiger charge is 2.17. The van der Waals surface area contributed by atoms with E-state index in [4.69, 9.17) is 8.37 Å². The average Bonchev–Trinajstić information content (AvgIpc) is 3.61. The average molecular weight is 775 g/mol. The molecule has 0 saturated heterocycles. The van der Waals surface area contributed by atoms with E-state index in [1.807, 2.05) is 0 Å². The summed E-state index contributed by atoms with van der Waals surface area (Å²) in [6, 6.07) is 8.43. The third-order valence-corrected chi connectivity index (χ3v) is 12.0. The molecule has 0 radical (unpaired) electrons. The minimum Gasteiger partial charge on any atom is -0.383 e. The van der Waals surface area contributed by atoms with E-state index in [9.17, 15) is 9.59 Å². The number of aryl methyl sites for hydroxylation is 2. The van der Waals surface area contributed by atoms with Crippen molar-refractivity contribution in [3.8, 4) is 0 Å². The largest absolute Gasteiger partial charge is 0.383 e. The van der Waals surface area contributed by atoms with Gasteiger partial charge in [-0.05, 0) is 80.8 Å². The lowest BCUT2D eigenvalue weighted by atomic mass is 10.1. The summed E-state index contributed by atoms with van der Waals surface area (Å²) in [5.74, 6) is -0.987. The summed E-state index contributed by atoms with van der Waals surface area (Å²) >= 11 is 12.2. The van der Waals surface area contributed by atoms with Crippen molar-refractivity contribution in [3.63, 3.8) is 0 Å². The Morgan fingerprint density at radius 3 is 1.52 bits per heavy atom. The third kappa shape index (κ3) is 9.66. The predicted molar refractivity (Wildman–Crippen MR) is 183 cm³/mol. The predicted octanol–water partition coefficient (Wildman–Crippen LogP) is 11.3. The second kappa shape index (κ2) is 17.3. The number of aromatic nitrogens is 2. The number of nitrogens with zero attached hydrogens (tertiary/aromatic N) is 2. The van der Waals surface area contributed by atoms with Crippen LogP contribution < -0.4 is 0 Å². The Labute approximate surface area is 280 Å². The normalized spacial score (nSPS) is 11.4. The monoisotopic (exact) mass is 772 g/mol. The minimum atomic E-state index is -0.493. The molecule has 0 aliphatic heterocycles. The summed E-state index contributed by atoms with van der Waals surface area (Å²) < 4.78 is 16.0. The van der Waals surface area contributed by atoms with Crippen LogP contribution in [0.1, 0.15) is 89.2 Å². The summed E-state index contributed by atoms with van der Waals surface area (Å²) in [6.07, 6.45) is 11.6. The van der Waals surface area contributed by atoms with E-state index in [0.29, 0.717) is 8.68 Å². The van der Waals surface area contributed by atoms with Crippen LogP contribution >= 0.6 is 78.6 Å². The molecule has 0 bridgehead atoms. The number of rotatable bonds is 17. The fourth-order valence-electron chi connectivity index (χ4n) is 4.36. The van der Waals surface area contributed by atoms with Gasteiger partial charge in [-0.3, -0.25) is 9.59 Å². The zero-order valence-corrected chi connectivity index (χ0v) is 30.1. The second-order valence-electron chi connectivity index (χ2n) is 9.93. The van der Waals surface area contributed by atoms with Gasteiger partial charge in [-0.1, -0.05) is 64.5 Å². The van der Waals surface area contributed by atoms with Crippen LogP contribution in [0.4, 0.5) is 0 Å². The molecule has 4 rings (SSSR count). The highest BCUT2D eigenvalue weighted by Crippen LogP contribution is 2.37. The molecule has 0 spiro atoms. The Balaban J connectivity index is 1.21. The number of hydrogen-bond acceptors (Lipinski definition) is 10. The highest BCUT2D eigenvalue weighted by molar-refractivity contribution is 9.11. The van der Waals surface area contributed by atoms with Crippen LogP contribution in [0.2, 0.25) is 0 Å². The van der Waals surface area contributed by atoms with Crippen LogP contribution in [0.25, 0.3) is 20.4 Å². The van der Waals surface area contributed by atoms with Gasteiger partial charge in [0.25, 0.3) is 0 Å². The van der Waals surface area contributed by atoms with Gasteiger partial charge in [0.2, 0.25) is 0 Å². The van der Waals surface area contributed by atoms with Gasteiger partial charge in [-0.25, -0.2) is 9.97 Å². The number of carbonyl (C=O) groups is 2. The van der Waals surface area contributed by atoms with Crippen molar-refractivity contribution >= 4 is 111 Å². The Kier molecular flexibility index (Phi) is 13.9. The summed E-state index contributed by atoms with van der Waals surface area (Å²) in [4.78, 5) is 33.9. The van der Waals surface area contributed by atoms with Crippen molar-refractivity contribution in [1.82, 2.24) is 9.97 Å². The third-order valence-electron chi connectivity index (χ3n) is 6.66. The molecule has 0 N–H and O–H groups in total. The van der Waals surface area contributed by atoms with Crippen molar-refractivity contribution in [3.05, 3.63) is 44.3 Å². The van der Waals surface area contributed by atoms with Gasteiger partial charge < -0.3 is 8.37 Å². The fourth-order valence-corrected chi connectivity index (χ4v) is 9.07. The van der Waals surface area contributed by atoms with Crippen LogP contribution in [0, 0.1) is 0 Å². The van der Waals surface area contributed by atoms with E-state index in [-0.39, 0.29) is 12.8 Å². The molecule has 0 unspecified atom stereocenters. The molecule has 0 saturated carbocycles. The molecular formula is C30H34Br2N2O4S4. The maximum atomic E-state index is 12.3. The van der Waals surface area contributed by atoms with Gasteiger partial charge in [0.15, 0.2) is 8.68 Å². The number of benzene rings is 2. The van der Waals surface area contributed by atoms with Crippen LogP contribution in [0.3, 0.4) is 0 Å². The molecule has 2 aromatic heterocycles. The van der Waals surface area contributed by atoms with E-state index in [1.165, 1.54) is 72.3 Å². The number of halogens is 2. The summed E-state index contributed by atoms with van der Waals surface area (Å²) in [7, 11) is 0. The van der Waals surface area contributed by atoms with Crippen LogP contribution in [0.5, 0.6) is 0 Å². The smallest absolute Gasteiger partial charge is 0.318 e. The molecule has 4 aromatic rings. The minimum absolute atomic E-state index is 0.0737. The Morgan fingerprint density at radius 2 is 1.12 bits per heavy atom. The van der Waals surface area contributed by atoms with Gasteiger partial charge in [-0.15, -0.1) is 22.7 Å². The van der Waals surface area contributed by atoms with Gasteiger partial charge in [0, 0.05) is 8.95 Å². The van der Waals surface area contributed by atoms with Gasteiger partial charge in [0.1, 0.15) is 24.1 Å². The van der Waals surface area contributed by atoms with Gasteiger partial charge in [0.05, 0.1) is 33.3 Å². The van der Waals surface area contributed by atoms with Crippen molar-refractivity contribution in [2.24, 2.45) is 0 Å². The summed E-state index contributed by atoms with van der Waals surface area (Å²) in [5, 5.41) is 0. The fraction of sp³-hybridized carbons (Fsp3) is 0.467. The topological polar surface area (TPSA) is 78.4 Å². The van der Waals surface area contributed by atoms with E-state index >= 15 is 0 Å². The first-order valence-electron chi connectivity index (χ1n) is 14.3. The van der Waals surface area contributed by atoms with Crippen molar-refractivity contribution in [2.75, 3.05) is 0 Å². The molecule has 12 heteroatoms. The van der Waals surface area contributed by atoms with Gasteiger partial charge >= 0.3 is 11.9 Å². The molecule has 6 nitrogen and oxygen atoms in total. The van der Waals surface area contributed by atoms with Crippen molar-refractivity contribution < 1.29 is 18.0 Å². The number of thiazole rings is 2. The lowest BCUT2D eigenvalue weighted by Gasteiger charge is -2.04. The number of unbranched alkanes of at least 4 members (excludes halogenated alkanes) is 6.